The van der Waals surface area contributed by atoms with Crippen LogP contribution in [0.15, 0.2) is 53.3 Å². The molecule has 0 unspecified atom stereocenters. The average molecular weight is 404 g/mol. The molecule has 2 aromatic carbocycles. The van der Waals surface area contributed by atoms with E-state index in [9.17, 15) is 9.90 Å². The summed E-state index contributed by atoms with van der Waals surface area (Å²) in [5, 5.41) is 11.5. The van der Waals surface area contributed by atoms with Crippen molar-refractivity contribution in [2.24, 2.45) is 0 Å². The van der Waals surface area contributed by atoms with Gasteiger partial charge in [-0.15, -0.1) is 0 Å². The molecule has 0 amide bonds. The molecular weight excluding hydrogens is 389 g/mol. The molecular formula is C18H15INO2+. The molecule has 3 aromatic rings. The minimum Gasteiger partial charge on any atom is -0.503 e. The van der Waals surface area contributed by atoms with E-state index in [1.54, 1.807) is 0 Å². The first-order chi connectivity index (χ1) is 10.8. The maximum Gasteiger partial charge on any atom is 0.368 e. The molecule has 0 saturated heterocycles. The van der Waals surface area contributed by atoms with Gasteiger partial charge < -0.3 is 9.67 Å². The molecule has 4 rings (SSSR count). The van der Waals surface area contributed by atoms with Crippen molar-refractivity contribution in [2.45, 2.75) is 19.4 Å². The monoisotopic (exact) mass is 404 g/mol. The summed E-state index contributed by atoms with van der Waals surface area (Å²) in [6, 6.07) is 15.9. The van der Waals surface area contributed by atoms with Crippen molar-refractivity contribution in [1.82, 2.24) is 4.57 Å². The normalized spacial score (nSPS) is 13.5. The van der Waals surface area contributed by atoms with Gasteiger partial charge >= 0.3 is 30.3 Å². The largest absolute Gasteiger partial charge is 0.503 e. The molecule has 110 valence electrons. The highest BCUT2D eigenvalue weighted by Gasteiger charge is 2.30. The van der Waals surface area contributed by atoms with Gasteiger partial charge in [0.1, 0.15) is 0 Å². The highest BCUT2D eigenvalue weighted by atomic mass is 127. The van der Waals surface area contributed by atoms with Gasteiger partial charge in [0.05, 0.1) is 5.52 Å². The Morgan fingerprint density at radius 3 is 2.68 bits per heavy atom. The van der Waals surface area contributed by atoms with Gasteiger partial charge in [-0.2, -0.15) is 0 Å². The SMILES string of the molecule is O=c1c([I+]c2ccccc2)c(O)c2cccc3c2n1CCC3. The highest BCUT2D eigenvalue weighted by molar-refractivity contribution is 5.87. The number of aryl methyl sites for hydroxylation is 2. The summed E-state index contributed by atoms with van der Waals surface area (Å²) < 4.78 is 3.62. The van der Waals surface area contributed by atoms with Gasteiger partial charge in [-0.25, -0.2) is 0 Å². The second kappa shape index (κ2) is 5.43. The molecule has 0 atom stereocenters. The Morgan fingerprint density at radius 1 is 1.05 bits per heavy atom. The van der Waals surface area contributed by atoms with Crippen LogP contribution in [0.5, 0.6) is 5.75 Å². The zero-order valence-electron chi connectivity index (χ0n) is 11.9. The van der Waals surface area contributed by atoms with Crippen molar-refractivity contribution in [3.05, 3.63) is 71.6 Å². The molecule has 0 spiro atoms. The van der Waals surface area contributed by atoms with E-state index in [4.69, 9.17) is 0 Å². The molecule has 0 bridgehead atoms. The van der Waals surface area contributed by atoms with E-state index in [0.29, 0.717) is 3.57 Å². The molecule has 22 heavy (non-hydrogen) atoms. The molecule has 0 aliphatic carbocycles. The number of halogens is 1. The van der Waals surface area contributed by atoms with Gasteiger partial charge in [-0.3, -0.25) is 4.79 Å². The fraction of sp³-hybridized carbons (Fsp3) is 0.167. The lowest BCUT2D eigenvalue weighted by Gasteiger charge is -2.19. The Kier molecular flexibility index (Phi) is 3.41. The smallest absolute Gasteiger partial charge is 0.368 e. The van der Waals surface area contributed by atoms with E-state index in [1.807, 2.05) is 47.0 Å². The van der Waals surface area contributed by atoms with E-state index in [-0.39, 0.29) is 11.3 Å². The van der Waals surface area contributed by atoms with Crippen molar-refractivity contribution in [1.29, 1.82) is 0 Å². The Hall–Kier alpha value is -1.82. The van der Waals surface area contributed by atoms with Crippen LogP contribution in [0.25, 0.3) is 10.9 Å². The van der Waals surface area contributed by atoms with E-state index in [2.05, 4.69) is 6.07 Å². The summed E-state index contributed by atoms with van der Waals surface area (Å²) >= 11 is -0.682. The van der Waals surface area contributed by atoms with E-state index in [0.717, 1.165) is 33.9 Å². The molecule has 2 heterocycles. The van der Waals surface area contributed by atoms with E-state index < -0.39 is 21.2 Å². The second-order valence-corrected chi connectivity index (χ2v) is 8.29. The number of pyridine rings is 1. The number of aromatic hydroxyl groups is 1. The van der Waals surface area contributed by atoms with Crippen LogP contribution < -0.4 is 26.8 Å². The van der Waals surface area contributed by atoms with Crippen molar-refractivity contribution >= 4 is 10.9 Å². The van der Waals surface area contributed by atoms with Gasteiger partial charge in [0, 0.05) is 11.9 Å². The van der Waals surface area contributed by atoms with Crippen LogP contribution in [0, 0.1) is 7.14 Å². The van der Waals surface area contributed by atoms with E-state index >= 15 is 0 Å². The molecule has 1 N–H and O–H groups in total. The lowest BCUT2D eigenvalue weighted by atomic mass is 10.0. The van der Waals surface area contributed by atoms with Crippen LogP contribution >= 0.6 is 0 Å². The van der Waals surface area contributed by atoms with Gasteiger partial charge in [0.2, 0.25) is 0 Å². The van der Waals surface area contributed by atoms with Crippen molar-refractivity contribution in [3.63, 3.8) is 0 Å². The lowest BCUT2D eigenvalue weighted by Crippen LogP contribution is -3.62. The van der Waals surface area contributed by atoms with Crippen LogP contribution in [-0.4, -0.2) is 9.67 Å². The molecule has 1 aliphatic heterocycles. The maximum absolute atomic E-state index is 12.9. The number of nitrogens with zero attached hydrogens (tertiary/aromatic N) is 1. The fourth-order valence-electron chi connectivity index (χ4n) is 3.06. The highest BCUT2D eigenvalue weighted by Crippen LogP contribution is 2.28. The zero-order chi connectivity index (χ0) is 15.1. The Morgan fingerprint density at radius 2 is 1.86 bits per heavy atom. The number of benzene rings is 2. The second-order valence-electron chi connectivity index (χ2n) is 5.43. The molecule has 1 aliphatic rings. The number of hydrogen-bond donors (Lipinski definition) is 1. The summed E-state index contributed by atoms with van der Waals surface area (Å²) in [6.45, 7) is 0.748. The summed E-state index contributed by atoms with van der Waals surface area (Å²) in [6.07, 6.45) is 1.96. The quantitative estimate of drug-likeness (QED) is 0.601. The molecule has 3 nitrogen and oxygen atoms in total. The van der Waals surface area contributed by atoms with Gasteiger partial charge in [0.15, 0.2) is 9.32 Å². The van der Waals surface area contributed by atoms with Gasteiger partial charge in [-0.05, 0) is 36.6 Å². The van der Waals surface area contributed by atoms with Gasteiger partial charge in [0.25, 0.3) is 0 Å². The number of hydrogen-bond acceptors (Lipinski definition) is 2. The average Bonchev–Trinajstić information content (AvgIpc) is 2.57. The van der Waals surface area contributed by atoms with Crippen molar-refractivity contribution in [2.75, 3.05) is 0 Å². The minimum atomic E-state index is -0.682. The predicted molar refractivity (Wildman–Crippen MR) is 82.0 cm³/mol. The molecule has 0 saturated carbocycles. The zero-order valence-corrected chi connectivity index (χ0v) is 14.1. The Labute approximate surface area is 138 Å². The predicted octanol–water partition coefficient (Wildman–Crippen LogP) is -0.218. The van der Waals surface area contributed by atoms with Crippen LogP contribution in [0.1, 0.15) is 12.0 Å². The van der Waals surface area contributed by atoms with Crippen LogP contribution in [-0.2, 0) is 13.0 Å². The summed E-state index contributed by atoms with van der Waals surface area (Å²) in [5.74, 6) is 0.191. The third-order valence-electron chi connectivity index (χ3n) is 4.05. The topological polar surface area (TPSA) is 42.2 Å². The number of rotatable bonds is 2. The van der Waals surface area contributed by atoms with Crippen molar-refractivity contribution < 1.29 is 26.3 Å². The molecule has 0 fully saturated rings. The first kappa shape index (κ1) is 13.8. The molecule has 0 radical (unpaired) electrons. The van der Waals surface area contributed by atoms with Crippen LogP contribution in [0.3, 0.4) is 0 Å². The third kappa shape index (κ3) is 2.13. The fourth-order valence-corrected chi connectivity index (χ4v) is 5.52. The maximum atomic E-state index is 12.9. The first-order valence-corrected chi connectivity index (χ1v) is 9.48. The Bertz CT molecular complexity index is 916. The summed E-state index contributed by atoms with van der Waals surface area (Å²) in [5.41, 5.74) is 2.09. The van der Waals surface area contributed by atoms with E-state index in [1.165, 1.54) is 5.56 Å². The summed E-state index contributed by atoms with van der Waals surface area (Å²) in [4.78, 5) is 12.9. The minimum absolute atomic E-state index is 0.00574. The Balaban J connectivity index is 1.99. The van der Waals surface area contributed by atoms with Crippen molar-refractivity contribution in [3.8, 4) is 5.75 Å². The van der Waals surface area contributed by atoms with Gasteiger partial charge in [-0.1, -0.05) is 30.3 Å². The number of aromatic nitrogens is 1. The molecule has 4 heteroatoms. The first-order valence-electron chi connectivity index (χ1n) is 7.33. The third-order valence-corrected chi connectivity index (χ3v) is 6.90. The standard InChI is InChI=1S/C18H14INO2/c21-17-14-10-4-6-12-7-5-11-20(16(12)14)18(22)15(17)19-13-8-2-1-3-9-13/h1-4,6,8-10H,5,7,11H2/p+1. The van der Waals surface area contributed by atoms with Crippen LogP contribution in [0.4, 0.5) is 0 Å². The number of para-hydroxylation sites is 1. The molecule has 1 aromatic heterocycles. The summed E-state index contributed by atoms with van der Waals surface area (Å²) in [7, 11) is 0. The van der Waals surface area contributed by atoms with Crippen LogP contribution in [0.2, 0.25) is 0 Å². The lowest BCUT2D eigenvalue weighted by molar-refractivity contribution is -0.600.